The number of fused-ring (bicyclic) bond motifs is 9. The smallest absolute Gasteiger partial charge is 0.136 e. The first kappa shape index (κ1) is 34.2. The molecular weight excluding hydrogens is 733 g/mol. The zero-order chi connectivity index (χ0) is 39.9. The first-order chi connectivity index (χ1) is 29.5. The van der Waals surface area contributed by atoms with Crippen LogP contribution in [0.1, 0.15) is 11.1 Å². The van der Waals surface area contributed by atoms with E-state index >= 15 is 0 Å². The second-order valence-electron chi connectivity index (χ2n) is 16.0. The lowest BCUT2D eigenvalue weighted by Gasteiger charge is -2.26. The van der Waals surface area contributed by atoms with Crippen LogP contribution in [0, 0.1) is 13.8 Å². The van der Waals surface area contributed by atoms with E-state index in [9.17, 15) is 0 Å². The van der Waals surface area contributed by atoms with E-state index in [0.717, 1.165) is 99.5 Å². The lowest BCUT2D eigenvalue weighted by Crippen LogP contribution is -2.09. The number of nitrogens with zero attached hydrogens (tertiary/aromatic N) is 2. The molecule has 0 aliphatic rings. The van der Waals surface area contributed by atoms with Gasteiger partial charge in [0.1, 0.15) is 22.3 Å². The molecule has 4 nitrogen and oxygen atoms in total. The molecule has 2 heterocycles. The summed E-state index contributed by atoms with van der Waals surface area (Å²) in [6, 6.07) is 69.7. The van der Waals surface area contributed by atoms with Crippen molar-refractivity contribution in [2.45, 2.75) is 13.8 Å². The molecule has 0 unspecified atom stereocenters. The third-order valence-electron chi connectivity index (χ3n) is 12.0. The number of para-hydroxylation sites is 2. The maximum Gasteiger partial charge on any atom is 0.136 e. The Morgan fingerprint density at radius 2 is 0.567 bits per heavy atom. The third-order valence-corrected chi connectivity index (χ3v) is 12.0. The Bertz CT molecular complexity index is 3370. The van der Waals surface area contributed by atoms with Crippen molar-refractivity contribution in [1.29, 1.82) is 0 Å². The van der Waals surface area contributed by atoms with Gasteiger partial charge in [-0.3, -0.25) is 0 Å². The fourth-order valence-corrected chi connectivity index (χ4v) is 8.97. The zero-order valence-corrected chi connectivity index (χ0v) is 33.2. The Kier molecular flexibility index (Phi) is 7.63. The molecule has 2 aromatic heterocycles. The molecular formula is C56H38N2O2. The van der Waals surface area contributed by atoms with Crippen molar-refractivity contribution in [1.82, 2.24) is 0 Å². The highest BCUT2D eigenvalue weighted by Crippen LogP contribution is 2.42. The fraction of sp³-hybridized carbons (Fsp3) is 0.0357. The highest BCUT2D eigenvalue weighted by Gasteiger charge is 2.18. The van der Waals surface area contributed by atoms with Gasteiger partial charge in [0, 0.05) is 55.7 Å². The first-order valence-electron chi connectivity index (χ1n) is 20.5. The molecule has 0 bridgehead atoms. The van der Waals surface area contributed by atoms with Gasteiger partial charge < -0.3 is 18.6 Å². The molecule has 0 atom stereocenters. The van der Waals surface area contributed by atoms with Crippen LogP contribution in [0.15, 0.2) is 203 Å². The standard InChI is InChI=1S/C56H38N2O2/c1-35-13-19-45(20-14-35)57(43-9-5-3-6-10-43)47-23-17-37-27-49-51-29-41-30-52-50-28-38-18-24-48(58(44-11-7-4-8-12-44)46-21-15-36(2)16-22-46)26-40(38)32-54(50)60-56(52)34-42(41)33-55(51)59-53(49)31-39(37)25-47/h3-34H,1-2H3. The topological polar surface area (TPSA) is 32.8 Å². The number of hydrogen-bond donors (Lipinski definition) is 0. The number of aryl methyl sites for hydroxylation is 2. The Morgan fingerprint density at radius 1 is 0.267 bits per heavy atom. The van der Waals surface area contributed by atoms with Gasteiger partial charge in [-0.15, -0.1) is 0 Å². The quantitative estimate of drug-likeness (QED) is 0.169. The summed E-state index contributed by atoms with van der Waals surface area (Å²) in [6.07, 6.45) is 0. The van der Waals surface area contributed by atoms with Crippen LogP contribution in [0.3, 0.4) is 0 Å². The Labute approximate surface area is 346 Å². The number of anilines is 6. The number of hydrogen-bond acceptors (Lipinski definition) is 4. The third kappa shape index (κ3) is 5.68. The lowest BCUT2D eigenvalue weighted by atomic mass is 10.0. The molecule has 0 N–H and O–H groups in total. The van der Waals surface area contributed by atoms with Crippen LogP contribution < -0.4 is 9.80 Å². The van der Waals surface area contributed by atoms with E-state index < -0.39 is 0 Å². The molecule has 12 rings (SSSR count). The Balaban J connectivity index is 0.944. The van der Waals surface area contributed by atoms with E-state index in [1.54, 1.807) is 0 Å². The van der Waals surface area contributed by atoms with Crippen molar-refractivity contribution < 1.29 is 8.83 Å². The van der Waals surface area contributed by atoms with Gasteiger partial charge in [-0.2, -0.15) is 0 Å². The zero-order valence-electron chi connectivity index (χ0n) is 33.2. The molecule has 12 aromatic rings. The number of benzene rings is 10. The van der Waals surface area contributed by atoms with Gasteiger partial charge in [0.2, 0.25) is 0 Å². The Morgan fingerprint density at radius 3 is 0.950 bits per heavy atom. The van der Waals surface area contributed by atoms with Gasteiger partial charge in [0.25, 0.3) is 0 Å². The lowest BCUT2D eigenvalue weighted by molar-refractivity contribution is 0.669. The molecule has 0 saturated heterocycles. The second-order valence-corrected chi connectivity index (χ2v) is 16.0. The molecule has 0 radical (unpaired) electrons. The molecule has 4 heteroatoms. The molecule has 0 spiro atoms. The van der Waals surface area contributed by atoms with Gasteiger partial charge in [-0.1, -0.05) is 83.9 Å². The van der Waals surface area contributed by atoms with Crippen molar-refractivity contribution in [3.05, 3.63) is 205 Å². The molecule has 60 heavy (non-hydrogen) atoms. The molecule has 0 fully saturated rings. The summed E-state index contributed by atoms with van der Waals surface area (Å²) in [5.41, 5.74) is 12.6. The maximum absolute atomic E-state index is 6.63. The van der Waals surface area contributed by atoms with Gasteiger partial charge in [-0.25, -0.2) is 0 Å². The molecule has 0 aliphatic carbocycles. The van der Waals surface area contributed by atoms with E-state index in [4.69, 9.17) is 8.83 Å². The Hall–Kier alpha value is -7.82. The van der Waals surface area contributed by atoms with Crippen LogP contribution in [0.2, 0.25) is 0 Å². The molecule has 0 amide bonds. The highest BCUT2D eigenvalue weighted by atomic mass is 16.3. The van der Waals surface area contributed by atoms with Crippen LogP contribution in [0.4, 0.5) is 34.1 Å². The predicted octanol–water partition coefficient (Wildman–Crippen LogP) is 16.5. The summed E-state index contributed by atoms with van der Waals surface area (Å²) >= 11 is 0. The fourth-order valence-electron chi connectivity index (χ4n) is 8.97. The number of rotatable bonds is 6. The van der Waals surface area contributed by atoms with E-state index in [1.807, 2.05) is 0 Å². The molecule has 284 valence electrons. The minimum absolute atomic E-state index is 0.865. The largest absolute Gasteiger partial charge is 0.456 e. The monoisotopic (exact) mass is 770 g/mol. The highest BCUT2D eigenvalue weighted by molar-refractivity contribution is 6.18. The van der Waals surface area contributed by atoms with Crippen LogP contribution in [-0.4, -0.2) is 0 Å². The van der Waals surface area contributed by atoms with Gasteiger partial charge >= 0.3 is 0 Å². The molecule has 0 aliphatic heterocycles. The molecule has 10 aromatic carbocycles. The van der Waals surface area contributed by atoms with Crippen LogP contribution in [0.25, 0.3) is 76.2 Å². The van der Waals surface area contributed by atoms with E-state index in [2.05, 4.69) is 218 Å². The SMILES string of the molecule is Cc1ccc(N(c2ccccc2)c2ccc3cc4c(cc3c2)oc2cc3cc5oc6cc7cc(N(c8ccccc8)c8ccc(C)cc8)ccc7cc6c5cc3cc24)cc1. The van der Waals surface area contributed by atoms with Crippen molar-refractivity contribution in [2.24, 2.45) is 0 Å². The van der Waals surface area contributed by atoms with Crippen LogP contribution in [-0.2, 0) is 0 Å². The first-order valence-corrected chi connectivity index (χ1v) is 20.5. The summed E-state index contributed by atoms with van der Waals surface area (Å²) in [6.45, 7) is 4.25. The summed E-state index contributed by atoms with van der Waals surface area (Å²) in [7, 11) is 0. The summed E-state index contributed by atoms with van der Waals surface area (Å²) in [5.74, 6) is 0. The normalized spacial score (nSPS) is 11.8. The van der Waals surface area contributed by atoms with E-state index in [0.29, 0.717) is 0 Å². The summed E-state index contributed by atoms with van der Waals surface area (Å²) in [4.78, 5) is 4.61. The van der Waals surface area contributed by atoms with Crippen LogP contribution in [0.5, 0.6) is 0 Å². The maximum atomic E-state index is 6.63. The van der Waals surface area contributed by atoms with E-state index in [-0.39, 0.29) is 0 Å². The average molecular weight is 771 g/mol. The minimum atomic E-state index is 0.865. The van der Waals surface area contributed by atoms with Crippen LogP contribution >= 0.6 is 0 Å². The van der Waals surface area contributed by atoms with Crippen molar-refractivity contribution >= 4 is 110 Å². The summed E-state index contributed by atoms with van der Waals surface area (Å²) < 4.78 is 13.3. The van der Waals surface area contributed by atoms with E-state index in [1.165, 1.54) is 21.9 Å². The van der Waals surface area contributed by atoms with Crippen molar-refractivity contribution in [2.75, 3.05) is 9.80 Å². The van der Waals surface area contributed by atoms with Gasteiger partial charge in [-0.05, 0) is 167 Å². The van der Waals surface area contributed by atoms with Crippen molar-refractivity contribution in [3.8, 4) is 0 Å². The minimum Gasteiger partial charge on any atom is -0.456 e. The number of furan rings is 2. The van der Waals surface area contributed by atoms with Gasteiger partial charge in [0.15, 0.2) is 0 Å². The van der Waals surface area contributed by atoms with Crippen molar-refractivity contribution in [3.63, 3.8) is 0 Å². The average Bonchev–Trinajstić information content (AvgIpc) is 3.80. The second kappa shape index (κ2) is 13.4. The molecule has 0 saturated carbocycles. The summed E-state index contributed by atoms with van der Waals surface area (Å²) in [5, 5.41) is 11.3. The predicted molar refractivity (Wildman–Crippen MR) is 252 cm³/mol. The van der Waals surface area contributed by atoms with Gasteiger partial charge in [0.05, 0.1) is 0 Å².